The monoisotopic (exact) mass is 212 g/mol. The Bertz CT molecular complexity index is 131. The standard InChI is InChI=1S/C14H28O/c1-3-5-6-7-8-9-10-12-14(13-15)11-4-2/h13-14H,3-12H2,1-2H3. The minimum Gasteiger partial charge on any atom is -0.303 e. The minimum absolute atomic E-state index is 0.339. The molecule has 0 aromatic carbocycles. The Hall–Kier alpha value is -0.330. The summed E-state index contributed by atoms with van der Waals surface area (Å²) in [7, 11) is 0. The lowest BCUT2D eigenvalue weighted by molar-refractivity contribution is -0.111. The van der Waals surface area contributed by atoms with Gasteiger partial charge >= 0.3 is 0 Å². The van der Waals surface area contributed by atoms with Crippen molar-refractivity contribution in [3.63, 3.8) is 0 Å². The van der Waals surface area contributed by atoms with E-state index in [-0.39, 0.29) is 0 Å². The first-order valence-electron chi connectivity index (χ1n) is 6.80. The lowest BCUT2D eigenvalue weighted by atomic mass is 9.97. The molecule has 0 N–H and O–H groups in total. The van der Waals surface area contributed by atoms with E-state index < -0.39 is 0 Å². The summed E-state index contributed by atoms with van der Waals surface area (Å²) >= 11 is 0. The van der Waals surface area contributed by atoms with Gasteiger partial charge in [-0.2, -0.15) is 0 Å². The van der Waals surface area contributed by atoms with E-state index in [1.165, 1.54) is 44.9 Å². The molecule has 0 bridgehead atoms. The third-order valence-corrected chi connectivity index (χ3v) is 3.03. The molecule has 1 heteroatoms. The summed E-state index contributed by atoms with van der Waals surface area (Å²) in [5, 5.41) is 0. The molecule has 0 aliphatic rings. The topological polar surface area (TPSA) is 17.1 Å². The number of aldehydes is 1. The summed E-state index contributed by atoms with van der Waals surface area (Å²) in [6.07, 6.45) is 13.9. The number of hydrogen-bond donors (Lipinski definition) is 0. The highest BCUT2D eigenvalue weighted by Crippen LogP contribution is 2.15. The summed E-state index contributed by atoms with van der Waals surface area (Å²) in [6.45, 7) is 4.40. The number of hydrogen-bond acceptors (Lipinski definition) is 1. The Morgan fingerprint density at radius 1 is 0.800 bits per heavy atom. The zero-order valence-corrected chi connectivity index (χ0v) is 10.6. The number of carbonyl (C=O) groups is 1. The fourth-order valence-electron chi connectivity index (χ4n) is 2.01. The molecule has 0 aliphatic carbocycles. The van der Waals surface area contributed by atoms with Crippen molar-refractivity contribution in [2.24, 2.45) is 5.92 Å². The highest BCUT2D eigenvalue weighted by molar-refractivity contribution is 5.53. The molecule has 0 fully saturated rings. The molecule has 0 aliphatic heterocycles. The van der Waals surface area contributed by atoms with Crippen LogP contribution in [0.25, 0.3) is 0 Å². The molecule has 1 unspecified atom stereocenters. The quantitative estimate of drug-likeness (QED) is 0.357. The molecule has 0 saturated carbocycles. The van der Waals surface area contributed by atoms with E-state index in [0.29, 0.717) is 5.92 Å². The van der Waals surface area contributed by atoms with Gasteiger partial charge in [0.15, 0.2) is 0 Å². The van der Waals surface area contributed by atoms with Crippen molar-refractivity contribution in [3.8, 4) is 0 Å². The van der Waals surface area contributed by atoms with E-state index in [9.17, 15) is 4.79 Å². The molecule has 0 aromatic heterocycles. The Morgan fingerprint density at radius 2 is 1.40 bits per heavy atom. The van der Waals surface area contributed by atoms with Crippen LogP contribution in [0.2, 0.25) is 0 Å². The molecule has 0 heterocycles. The van der Waals surface area contributed by atoms with Gasteiger partial charge in [0.05, 0.1) is 0 Å². The Labute approximate surface area is 95.6 Å². The van der Waals surface area contributed by atoms with Gasteiger partial charge in [0, 0.05) is 5.92 Å². The molecule has 0 aromatic rings. The van der Waals surface area contributed by atoms with Gasteiger partial charge in [-0.05, 0) is 12.8 Å². The SMILES string of the molecule is CCCCCCCCCC(C=O)CCC. The van der Waals surface area contributed by atoms with E-state index in [1.54, 1.807) is 0 Å². The van der Waals surface area contributed by atoms with Crippen molar-refractivity contribution in [2.75, 3.05) is 0 Å². The van der Waals surface area contributed by atoms with Crippen molar-refractivity contribution < 1.29 is 4.79 Å². The van der Waals surface area contributed by atoms with Crippen LogP contribution in [0.4, 0.5) is 0 Å². The molecule has 0 saturated heterocycles. The third kappa shape index (κ3) is 9.96. The van der Waals surface area contributed by atoms with E-state index in [0.717, 1.165) is 25.5 Å². The van der Waals surface area contributed by atoms with Crippen molar-refractivity contribution in [3.05, 3.63) is 0 Å². The van der Waals surface area contributed by atoms with Gasteiger partial charge in [0.25, 0.3) is 0 Å². The first kappa shape index (κ1) is 14.7. The molecule has 0 amide bonds. The van der Waals surface area contributed by atoms with Crippen LogP contribution in [-0.2, 0) is 4.79 Å². The second-order valence-corrected chi connectivity index (χ2v) is 4.59. The van der Waals surface area contributed by atoms with Crippen LogP contribution in [0, 0.1) is 5.92 Å². The molecular weight excluding hydrogens is 184 g/mol. The zero-order valence-electron chi connectivity index (χ0n) is 10.6. The first-order valence-corrected chi connectivity index (χ1v) is 6.80. The largest absolute Gasteiger partial charge is 0.303 e. The molecule has 90 valence electrons. The summed E-state index contributed by atoms with van der Waals surface area (Å²) in [5.74, 6) is 0.339. The first-order chi connectivity index (χ1) is 7.35. The molecule has 1 nitrogen and oxygen atoms in total. The zero-order chi connectivity index (χ0) is 11.4. The van der Waals surface area contributed by atoms with E-state index in [4.69, 9.17) is 0 Å². The fraction of sp³-hybridized carbons (Fsp3) is 0.929. The molecular formula is C14H28O. The summed E-state index contributed by atoms with van der Waals surface area (Å²) in [4.78, 5) is 10.7. The fourth-order valence-corrected chi connectivity index (χ4v) is 2.01. The predicted octanol–water partition coefficient (Wildman–Crippen LogP) is 4.74. The normalized spacial score (nSPS) is 12.7. The highest BCUT2D eigenvalue weighted by atomic mass is 16.1. The third-order valence-electron chi connectivity index (χ3n) is 3.03. The average molecular weight is 212 g/mol. The van der Waals surface area contributed by atoms with Crippen molar-refractivity contribution >= 4 is 6.29 Å². The van der Waals surface area contributed by atoms with Crippen LogP contribution >= 0.6 is 0 Å². The smallest absolute Gasteiger partial charge is 0.123 e. The summed E-state index contributed by atoms with van der Waals surface area (Å²) < 4.78 is 0. The summed E-state index contributed by atoms with van der Waals surface area (Å²) in [5.41, 5.74) is 0. The van der Waals surface area contributed by atoms with Crippen molar-refractivity contribution in [2.45, 2.75) is 78.1 Å². The summed E-state index contributed by atoms with van der Waals surface area (Å²) in [6, 6.07) is 0. The molecule has 1 atom stereocenters. The van der Waals surface area contributed by atoms with Gasteiger partial charge in [-0.15, -0.1) is 0 Å². The van der Waals surface area contributed by atoms with Gasteiger partial charge in [0.2, 0.25) is 0 Å². The van der Waals surface area contributed by atoms with Crippen LogP contribution in [0.1, 0.15) is 78.1 Å². The average Bonchev–Trinajstić information content (AvgIpc) is 2.26. The van der Waals surface area contributed by atoms with Gasteiger partial charge in [-0.25, -0.2) is 0 Å². The molecule has 0 spiro atoms. The minimum atomic E-state index is 0.339. The van der Waals surface area contributed by atoms with Crippen molar-refractivity contribution in [1.29, 1.82) is 0 Å². The molecule has 0 radical (unpaired) electrons. The second-order valence-electron chi connectivity index (χ2n) is 4.59. The van der Waals surface area contributed by atoms with Crippen LogP contribution in [0.5, 0.6) is 0 Å². The number of rotatable bonds is 11. The predicted molar refractivity (Wildman–Crippen MR) is 67.1 cm³/mol. The maximum absolute atomic E-state index is 10.7. The maximum atomic E-state index is 10.7. The van der Waals surface area contributed by atoms with E-state index >= 15 is 0 Å². The lowest BCUT2D eigenvalue weighted by Crippen LogP contribution is -2.01. The van der Waals surface area contributed by atoms with Gasteiger partial charge in [-0.3, -0.25) is 0 Å². The Kier molecular flexibility index (Phi) is 11.5. The molecule has 15 heavy (non-hydrogen) atoms. The Morgan fingerprint density at radius 3 is 1.93 bits per heavy atom. The van der Waals surface area contributed by atoms with Gasteiger partial charge in [-0.1, -0.05) is 65.2 Å². The lowest BCUT2D eigenvalue weighted by Gasteiger charge is -2.07. The second kappa shape index (κ2) is 11.7. The van der Waals surface area contributed by atoms with Crippen LogP contribution in [-0.4, -0.2) is 6.29 Å². The Balaban J connectivity index is 3.17. The maximum Gasteiger partial charge on any atom is 0.123 e. The van der Waals surface area contributed by atoms with E-state index in [2.05, 4.69) is 13.8 Å². The van der Waals surface area contributed by atoms with Crippen LogP contribution in [0.15, 0.2) is 0 Å². The van der Waals surface area contributed by atoms with Crippen molar-refractivity contribution in [1.82, 2.24) is 0 Å². The van der Waals surface area contributed by atoms with E-state index in [1.807, 2.05) is 0 Å². The van der Waals surface area contributed by atoms with Crippen LogP contribution < -0.4 is 0 Å². The van der Waals surface area contributed by atoms with Crippen LogP contribution in [0.3, 0.4) is 0 Å². The van der Waals surface area contributed by atoms with Gasteiger partial charge in [0.1, 0.15) is 6.29 Å². The number of carbonyl (C=O) groups excluding carboxylic acids is 1. The van der Waals surface area contributed by atoms with Gasteiger partial charge < -0.3 is 4.79 Å². The number of unbranched alkanes of at least 4 members (excludes halogenated alkanes) is 6. The highest BCUT2D eigenvalue weighted by Gasteiger charge is 2.04. The molecule has 0 rings (SSSR count).